The van der Waals surface area contributed by atoms with E-state index in [0.717, 1.165) is 28.2 Å². The second-order valence-corrected chi connectivity index (χ2v) is 7.53. The van der Waals surface area contributed by atoms with Gasteiger partial charge in [0.05, 0.1) is 24.7 Å². The van der Waals surface area contributed by atoms with E-state index in [1.165, 1.54) is 5.56 Å². The van der Waals surface area contributed by atoms with Crippen LogP contribution in [-0.2, 0) is 13.2 Å². The first-order valence-electron chi connectivity index (χ1n) is 10.7. The zero-order chi connectivity index (χ0) is 22.3. The van der Waals surface area contributed by atoms with Crippen molar-refractivity contribution >= 4 is 17.1 Å². The van der Waals surface area contributed by atoms with Gasteiger partial charge in [0.2, 0.25) is 0 Å². The Morgan fingerprint density at radius 1 is 0.938 bits per heavy atom. The summed E-state index contributed by atoms with van der Waals surface area (Å²) in [6.07, 6.45) is 4.02. The van der Waals surface area contributed by atoms with Gasteiger partial charge in [0, 0.05) is 0 Å². The molecule has 164 valence electrons. The average molecular weight is 429 g/mol. The minimum Gasteiger partial charge on any atom is -0.493 e. The molecule has 0 spiro atoms. The van der Waals surface area contributed by atoms with Crippen LogP contribution in [0.2, 0.25) is 0 Å². The van der Waals surface area contributed by atoms with Gasteiger partial charge in [-0.15, -0.1) is 0 Å². The van der Waals surface area contributed by atoms with Gasteiger partial charge in [-0.2, -0.15) is 0 Å². The smallest absolute Gasteiger partial charge is 0.161 e. The third-order valence-electron chi connectivity index (χ3n) is 5.24. The number of hydrogen-bond acceptors (Lipinski definition) is 4. The van der Waals surface area contributed by atoms with Crippen molar-refractivity contribution in [2.75, 3.05) is 13.7 Å². The van der Waals surface area contributed by atoms with Crippen LogP contribution < -0.4 is 14.2 Å². The van der Waals surface area contributed by atoms with Gasteiger partial charge in [-0.1, -0.05) is 48.0 Å². The number of rotatable bonds is 9. The van der Waals surface area contributed by atoms with Gasteiger partial charge in [-0.25, -0.2) is 4.98 Å². The van der Waals surface area contributed by atoms with Gasteiger partial charge in [0.15, 0.2) is 11.5 Å². The number of aryl methyl sites for hydroxylation is 1. The Bertz CT molecular complexity index is 1210. The van der Waals surface area contributed by atoms with E-state index in [0.29, 0.717) is 31.3 Å². The first kappa shape index (κ1) is 21.5. The van der Waals surface area contributed by atoms with Crippen molar-refractivity contribution in [2.45, 2.75) is 27.0 Å². The summed E-state index contributed by atoms with van der Waals surface area (Å²) in [6, 6.07) is 22.1. The van der Waals surface area contributed by atoms with Gasteiger partial charge < -0.3 is 18.8 Å². The van der Waals surface area contributed by atoms with Crippen molar-refractivity contribution in [3.05, 3.63) is 89.8 Å². The van der Waals surface area contributed by atoms with Gasteiger partial charge in [-0.3, -0.25) is 0 Å². The summed E-state index contributed by atoms with van der Waals surface area (Å²) in [4.78, 5) is 4.80. The maximum absolute atomic E-state index is 6.12. The first-order chi connectivity index (χ1) is 15.7. The number of benzene rings is 3. The molecule has 0 fully saturated rings. The first-order valence-corrected chi connectivity index (χ1v) is 10.7. The molecule has 1 heterocycles. The van der Waals surface area contributed by atoms with Crippen LogP contribution in [0.25, 0.3) is 17.1 Å². The molecule has 0 unspecified atom stereocenters. The molecule has 1 aromatic heterocycles. The molecule has 4 aromatic rings. The third-order valence-corrected chi connectivity index (χ3v) is 5.24. The van der Waals surface area contributed by atoms with Crippen LogP contribution in [0.4, 0.5) is 0 Å². The maximum Gasteiger partial charge on any atom is 0.161 e. The zero-order valence-electron chi connectivity index (χ0n) is 18.7. The molecule has 0 bridgehead atoms. The molecule has 3 aromatic carbocycles. The summed E-state index contributed by atoms with van der Waals surface area (Å²) in [7, 11) is 1.65. The van der Waals surface area contributed by atoms with Crippen molar-refractivity contribution in [3.8, 4) is 17.2 Å². The Morgan fingerprint density at radius 3 is 2.53 bits per heavy atom. The average Bonchev–Trinajstić information content (AvgIpc) is 3.17. The minimum absolute atomic E-state index is 0.332. The Kier molecular flexibility index (Phi) is 6.75. The van der Waals surface area contributed by atoms with E-state index in [1.54, 1.807) is 7.11 Å². The summed E-state index contributed by atoms with van der Waals surface area (Å²) in [5, 5.41) is 0. The lowest BCUT2D eigenvalue weighted by molar-refractivity contribution is 0.262. The topological polar surface area (TPSA) is 45.5 Å². The van der Waals surface area contributed by atoms with E-state index in [4.69, 9.17) is 19.2 Å². The Balaban J connectivity index is 1.51. The third kappa shape index (κ3) is 4.94. The normalized spacial score (nSPS) is 11.2. The fraction of sp³-hybridized carbons (Fsp3) is 0.222. The van der Waals surface area contributed by atoms with E-state index in [-0.39, 0.29) is 0 Å². The van der Waals surface area contributed by atoms with Gasteiger partial charge in [0.25, 0.3) is 0 Å². The van der Waals surface area contributed by atoms with E-state index in [2.05, 4.69) is 29.7 Å². The number of ether oxygens (including phenoxy) is 3. The lowest BCUT2D eigenvalue weighted by atomic mass is 10.2. The Labute approximate surface area is 188 Å². The number of fused-ring (bicyclic) bond motifs is 1. The lowest BCUT2D eigenvalue weighted by Gasteiger charge is -2.13. The molecule has 5 heteroatoms. The second kappa shape index (κ2) is 10.1. The second-order valence-electron chi connectivity index (χ2n) is 7.53. The highest BCUT2D eigenvalue weighted by atomic mass is 16.5. The molecule has 0 amide bonds. The molecule has 5 nitrogen and oxygen atoms in total. The largest absolute Gasteiger partial charge is 0.493 e. The molecule has 0 N–H and O–H groups in total. The molecule has 4 rings (SSSR count). The molecule has 0 aliphatic heterocycles. The highest BCUT2D eigenvalue weighted by molar-refractivity contribution is 5.75. The number of aromatic nitrogens is 2. The van der Waals surface area contributed by atoms with Crippen LogP contribution in [0.3, 0.4) is 0 Å². The number of allylic oxidation sites excluding steroid dienone is 1. The van der Waals surface area contributed by atoms with Crippen LogP contribution in [0.1, 0.15) is 23.9 Å². The lowest BCUT2D eigenvalue weighted by Crippen LogP contribution is -2.13. The molecule has 0 aliphatic rings. The van der Waals surface area contributed by atoms with Gasteiger partial charge in [0.1, 0.15) is 24.8 Å². The number of hydrogen-bond donors (Lipinski definition) is 0. The fourth-order valence-corrected chi connectivity index (χ4v) is 3.62. The van der Waals surface area contributed by atoms with E-state index in [9.17, 15) is 0 Å². The predicted molar refractivity (Wildman–Crippen MR) is 128 cm³/mol. The maximum atomic E-state index is 6.12. The van der Waals surface area contributed by atoms with Crippen molar-refractivity contribution in [3.63, 3.8) is 0 Å². The summed E-state index contributed by atoms with van der Waals surface area (Å²) in [5.41, 5.74) is 4.29. The molecule has 32 heavy (non-hydrogen) atoms. The zero-order valence-corrected chi connectivity index (χ0v) is 18.7. The number of imidazole rings is 1. The molecule has 0 saturated heterocycles. The number of para-hydroxylation sites is 2. The summed E-state index contributed by atoms with van der Waals surface area (Å²) >= 11 is 0. The standard InChI is InChI=1S/C27H28N2O3/c1-4-7-21-12-15-25(26(18-21)30-3)32-19-27-28-23-8-5-6-9-24(23)29(27)16-17-31-22-13-10-20(2)11-14-22/h4-15,18H,16-17,19H2,1-3H3/b7-4-. The van der Waals surface area contributed by atoms with Gasteiger partial charge >= 0.3 is 0 Å². The van der Waals surface area contributed by atoms with Gasteiger partial charge in [-0.05, 0) is 55.8 Å². The highest BCUT2D eigenvalue weighted by Crippen LogP contribution is 2.29. The summed E-state index contributed by atoms with van der Waals surface area (Å²) in [5.74, 6) is 3.10. The molecular formula is C27H28N2O3. The quantitative estimate of drug-likeness (QED) is 0.326. The van der Waals surface area contributed by atoms with E-state index < -0.39 is 0 Å². The molecule has 0 aliphatic carbocycles. The number of methoxy groups -OCH3 is 1. The van der Waals surface area contributed by atoms with Crippen LogP contribution in [-0.4, -0.2) is 23.3 Å². The summed E-state index contributed by atoms with van der Waals surface area (Å²) < 4.78 is 19.8. The van der Waals surface area contributed by atoms with Crippen LogP contribution in [0.5, 0.6) is 17.2 Å². The van der Waals surface area contributed by atoms with Crippen molar-refractivity contribution < 1.29 is 14.2 Å². The SMILES string of the molecule is C/C=C\c1ccc(OCc2nc3ccccc3n2CCOc2ccc(C)cc2)c(OC)c1. The highest BCUT2D eigenvalue weighted by Gasteiger charge is 2.13. The van der Waals surface area contributed by atoms with Crippen molar-refractivity contribution in [1.82, 2.24) is 9.55 Å². The monoisotopic (exact) mass is 428 g/mol. The molecular weight excluding hydrogens is 400 g/mol. The Hall–Kier alpha value is -3.73. The van der Waals surface area contributed by atoms with Crippen LogP contribution >= 0.6 is 0 Å². The summed E-state index contributed by atoms with van der Waals surface area (Å²) in [6.45, 7) is 5.60. The van der Waals surface area contributed by atoms with Crippen LogP contribution in [0.15, 0.2) is 72.8 Å². The van der Waals surface area contributed by atoms with Crippen molar-refractivity contribution in [1.29, 1.82) is 0 Å². The predicted octanol–water partition coefficient (Wildman–Crippen LogP) is 6.04. The fourth-order valence-electron chi connectivity index (χ4n) is 3.62. The number of nitrogens with zero attached hydrogens (tertiary/aromatic N) is 2. The van der Waals surface area contributed by atoms with Crippen LogP contribution in [0, 0.1) is 6.92 Å². The molecule has 0 saturated carbocycles. The van der Waals surface area contributed by atoms with E-state index >= 15 is 0 Å². The Morgan fingerprint density at radius 2 is 1.75 bits per heavy atom. The minimum atomic E-state index is 0.332. The van der Waals surface area contributed by atoms with E-state index in [1.807, 2.05) is 67.6 Å². The molecule has 0 atom stereocenters. The van der Waals surface area contributed by atoms with Crippen molar-refractivity contribution in [2.24, 2.45) is 0 Å². The molecule has 0 radical (unpaired) electrons.